The highest BCUT2D eigenvalue weighted by Crippen LogP contribution is 2.49. The van der Waals surface area contributed by atoms with Crippen LogP contribution in [0.4, 0.5) is 0 Å². The number of amides is 1. The molecule has 2 atom stereocenters. The molecule has 0 saturated carbocycles. The van der Waals surface area contributed by atoms with E-state index >= 15 is 0 Å². The third kappa shape index (κ3) is 2.42. The molecule has 2 aliphatic rings. The van der Waals surface area contributed by atoms with Gasteiger partial charge in [0, 0.05) is 30.9 Å². The molecule has 1 N–H and O–H groups in total. The lowest BCUT2D eigenvalue weighted by molar-refractivity contribution is -0.129. The van der Waals surface area contributed by atoms with E-state index < -0.39 is 0 Å². The lowest BCUT2D eigenvalue weighted by Gasteiger charge is -2.24. The van der Waals surface area contributed by atoms with Crippen LogP contribution in [0.15, 0.2) is 47.4 Å². The number of nitrogens with zero attached hydrogens (tertiary/aromatic N) is 6. The van der Waals surface area contributed by atoms with Gasteiger partial charge in [-0.05, 0) is 29.5 Å². The second-order valence-corrected chi connectivity index (χ2v) is 7.65. The van der Waals surface area contributed by atoms with Gasteiger partial charge >= 0.3 is 0 Å². The molecule has 150 valence electrons. The first-order chi connectivity index (χ1) is 14.7. The van der Waals surface area contributed by atoms with Gasteiger partial charge < -0.3 is 14.5 Å². The minimum atomic E-state index is -0.0354. The highest BCUT2D eigenvalue weighted by molar-refractivity contribution is 5.81. The largest absolute Gasteiger partial charge is 0.395 e. The van der Waals surface area contributed by atoms with Gasteiger partial charge in [-0.3, -0.25) is 9.20 Å². The lowest BCUT2D eigenvalue weighted by atomic mass is 10.0. The fourth-order valence-corrected chi connectivity index (χ4v) is 4.84. The van der Waals surface area contributed by atoms with Gasteiger partial charge in [-0.2, -0.15) is 4.98 Å². The Bertz CT molecular complexity index is 1280. The Kier molecular flexibility index (Phi) is 3.72. The van der Waals surface area contributed by atoms with E-state index in [4.69, 9.17) is 4.52 Å². The number of carbonyl (C=O) groups excluding carboxylic acids is 1. The van der Waals surface area contributed by atoms with Crippen LogP contribution in [-0.2, 0) is 11.2 Å². The fraction of sp³-hybridized carbons (Fsp3) is 0.286. The average Bonchev–Trinajstić information content (AvgIpc) is 3.51. The summed E-state index contributed by atoms with van der Waals surface area (Å²) in [5.74, 6) is 1.78. The van der Waals surface area contributed by atoms with Crippen molar-refractivity contribution in [3.8, 4) is 23.0 Å². The first-order valence-corrected chi connectivity index (χ1v) is 9.89. The molecule has 1 amide bonds. The van der Waals surface area contributed by atoms with Crippen LogP contribution in [-0.4, -0.2) is 53.6 Å². The Labute approximate surface area is 171 Å². The Morgan fingerprint density at radius 1 is 1.20 bits per heavy atom. The first-order valence-electron chi connectivity index (χ1n) is 9.89. The molecule has 0 radical (unpaired) electrons. The predicted octanol–water partition coefficient (Wildman–Crippen LogP) is 1.88. The number of hydrogen-bond donors (Lipinski definition) is 1. The lowest BCUT2D eigenvalue weighted by Crippen LogP contribution is -2.30. The molecule has 1 aliphatic heterocycles. The second-order valence-electron chi connectivity index (χ2n) is 7.65. The number of rotatable bonds is 4. The van der Waals surface area contributed by atoms with Crippen molar-refractivity contribution in [2.45, 2.75) is 18.9 Å². The average molecular weight is 402 g/mol. The van der Waals surface area contributed by atoms with Crippen LogP contribution in [0.5, 0.6) is 0 Å². The van der Waals surface area contributed by atoms with E-state index in [0.29, 0.717) is 36.2 Å². The maximum Gasteiger partial charge on any atom is 0.276 e. The Morgan fingerprint density at radius 2 is 2.13 bits per heavy atom. The Hall–Kier alpha value is -3.59. The minimum absolute atomic E-state index is 0.0100. The molecule has 9 heteroatoms. The molecular formula is C21H18N6O3. The molecule has 9 nitrogen and oxygen atoms in total. The maximum absolute atomic E-state index is 12.3. The van der Waals surface area contributed by atoms with E-state index in [1.807, 2.05) is 24.4 Å². The number of fused-ring (bicyclic) bond motifs is 4. The SMILES string of the molecule is O=C1C[C@@H]2Cc3c(-c4noc(-c5cnc6ncccn56)n4)cccc3[C@@H]2N1CCO. The van der Waals surface area contributed by atoms with Crippen LogP contribution < -0.4 is 0 Å². The Morgan fingerprint density at radius 3 is 3.03 bits per heavy atom. The van der Waals surface area contributed by atoms with Crippen LogP contribution in [0.3, 0.4) is 0 Å². The van der Waals surface area contributed by atoms with E-state index in [1.165, 1.54) is 0 Å². The van der Waals surface area contributed by atoms with Crippen molar-refractivity contribution in [3.05, 3.63) is 54.0 Å². The summed E-state index contributed by atoms with van der Waals surface area (Å²) in [5.41, 5.74) is 3.86. The molecule has 0 spiro atoms. The fourth-order valence-electron chi connectivity index (χ4n) is 4.84. The molecule has 4 aromatic rings. The van der Waals surface area contributed by atoms with Gasteiger partial charge in [0.2, 0.25) is 17.5 Å². The van der Waals surface area contributed by atoms with Gasteiger partial charge in [0.05, 0.1) is 18.8 Å². The smallest absolute Gasteiger partial charge is 0.276 e. The summed E-state index contributed by atoms with van der Waals surface area (Å²) >= 11 is 0. The molecule has 3 aromatic heterocycles. The number of aromatic nitrogens is 5. The van der Waals surface area contributed by atoms with Crippen LogP contribution in [0.2, 0.25) is 0 Å². The number of β-amino-alcohol motifs (C(OH)–C–C–N with tert-alkyl or cyclic N) is 1. The van der Waals surface area contributed by atoms with Crippen molar-refractivity contribution in [2.24, 2.45) is 5.92 Å². The van der Waals surface area contributed by atoms with Gasteiger partial charge in [-0.15, -0.1) is 0 Å². The molecule has 30 heavy (non-hydrogen) atoms. The number of aliphatic hydroxyl groups excluding tert-OH is 1. The van der Waals surface area contributed by atoms with Gasteiger partial charge in [-0.25, -0.2) is 9.97 Å². The molecule has 1 saturated heterocycles. The van der Waals surface area contributed by atoms with Gasteiger partial charge in [0.25, 0.3) is 5.89 Å². The number of benzene rings is 1. The van der Waals surface area contributed by atoms with E-state index in [1.54, 1.807) is 21.7 Å². The van der Waals surface area contributed by atoms with Crippen molar-refractivity contribution in [2.75, 3.05) is 13.2 Å². The third-order valence-corrected chi connectivity index (χ3v) is 6.05. The van der Waals surface area contributed by atoms with Crippen LogP contribution in [0.25, 0.3) is 28.8 Å². The Balaban J connectivity index is 1.40. The quantitative estimate of drug-likeness (QED) is 0.555. The highest BCUT2D eigenvalue weighted by Gasteiger charge is 2.46. The van der Waals surface area contributed by atoms with E-state index in [-0.39, 0.29) is 24.5 Å². The topological polar surface area (TPSA) is 110 Å². The third-order valence-electron chi connectivity index (χ3n) is 6.05. The van der Waals surface area contributed by atoms with Crippen molar-refractivity contribution < 1.29 is 14.4 Å². The van der Waals surface area contributed by atoms with Crippen molar-refractivity contribution in [3.63, 3.8) is 0 Å². The van der Waals surface area contributed by atoms with E-state index in [2.05, 4.69) is 26.2 Å². The summed E-state index contributed by atoms with van der Waals surface area (Å²) in [5, 5.41) is 13.6. The number of aliphatic hydroxyl groups is 1. The maximum atomic E-state index is 12.3. The number of likely N-dealkylation sites (tertiary alicyclic amines) is 1. The molecule has 1 fully saturated rings. The van der Waals surface area contributed by atoms with Gasteiger partial charge in [0.1, 0.15) is 5.69 Å². The summed E-state index contributed by atoms with van der Waals surface area (Å²) in [4.78, 5) is 27.3. The minimum Gasteiger partial charge on any atom is -0.395 e. The summed E-state index contributed by atoms with van der Waals surface area (Å²) < 4.78 is 7.36. The molecule has 4 heterocycles. The monoisotopic (exact) mass is 402 g/mol. The molecular weight excluding hydrogens is 384 g/mol. The number of carbonyl (C=O) groups is 1. The zero-order chi connectivity index (χ0) is 20.2. The molecule has 6 rings (SSSR count). The highest BCUT2D eigenvalue weighted by atomic mass is 16.5. The summed E-state index contributed by atoms with van der Waals surface area (Å²) in [6.07, 6.45) is 6.49. The second kappa shape index (κ2) is 6.46. The number of imidazole rings is 1. The standard InChI is InChI=1S/C21H18N6O3/c28-8-7-27-17(29)10-12-9-15-13(18(12)27)3-1-4-14(15)19-24-20(30-25-19)16-11-23-21-22-5-2-6-26(16)21/h1-6,11-12,18,28H,7-10H2/t12-,18+/m0/s1. The van der Waals surface area contributed by atoms with Crippen LogP contribution >= 0.6 is 0 Å². The zero-order valence-corrected chi connectivity index (χ0v) is 16.0. The van der Waals surface area contributed by atoms with E-state index in [9.17, 15) is 9.90 Å². The molecule has 1 aromatic carbocycles. The van der Waals surface area contributed by atoms with E-state index in [0.717, 1.165) is 23.1 Å². The van der Waals surface area contributed by atoms with Crippen molar-refractivity contribution in [1.82, 2.24) is 29.4 Å². The van der Waals surface area contributed by atoms with Gasteiger partial charge in [-0.1, -0.05) is 23.4 Å². The summed E-state index contributed by atoms with van der Waals surface area (Å²) in [7, 11) is 0. The number of hydrogen-bond acceptors (Lipinski definition) is 7. The first kappa shape index (κ1) is 17.3. The summed E-state index contributed by atoms with van der Waals surface area (Å²) in [6.45, 7) is 0.324. The normalized spacial score (nSPS) is 20.2. The molecule has 0 unspecified atom stereocenters. The zero-order valence-electron chi connectivity index (χ0n) is 16.0. The van der Waals surface area contributed by atoms with Crippen molar-refractivity contribution >= 4 is 11.7 Å². The van der Waals surface area contributed by atoms with Crippen LogP contribution in [0.1, 0.15) is 23.6 Å². The predicted molar refractivity (Wildman–Crippen MR) is 105 cm³/mol. The van der Waals surface area contributed by atoms with Gasteiger partial charge in [0.15, 0.2) is 0 Å². The molecule has 1 aliphatic carbocycles. The summed E-state index contributed by atoms with van der Waals surface area (Å²) in [6, 6.07) is 7.84. The van der Waals surface area contributed by atoms with Crippen LogP contribution in [0, 0.1) is 5.92 Å². The molecule has 0 bridgehead atoms. The van der Waals surface area contributed by atoms with Crippen molar-refractivity contribution in [1.29, 1.82) is 0 Å².